The van der Waals surface area contributed by atoms with Crippen molar-refractivity contribution in [1.29, 1.82) is 0 Å². The van der Waals surface area contributed by atoms with Gasteiger partial charge in [-0.25, -0.2) is 9.97 Å². The van der Waals surface area contributed by atoms with Gasteiger partial charge in [-0.05, 0) is 63.8 Å². The molecule has 0 aliphatic rings. The van der Waals surface area contributed by atoms with Crippen LogP contribution in [0.2, 0.25) is 0 Å². The summed E-state index contributed by atoms with van der Waals surface area (Å²) in [6.45, 7) is 4.40. The number of alkyl halides is 3. The van der Waals surface area contributed by atoms with Crippen LogP contribution in [-0.2, 0) is 6.18 Å². The second kappa shape index (κ2) is 12.3. The number of likely N-dealkylation sites (N-methyl/N-ethyl adjacent to an activating group) is 1. The number of carbonyl (C=O) groups excluding carboxylic acids is 1. The first kappa shape index (κ1) is 29.3. The Bertz CT molecular complexity index is 1540. The minimum atomic E-state index is -4.64. The predicted octanol–water partition coefficient (Wildman–Crippen LogP) is 5.28. The molecule has 0 fully saturated rings. The van der Waals surface area contributed by atoms with Crippen molar-refractivity contribution in [3.05, 3.63) is 77.2 Å². The van der Waals surface area contributed by atoms with Crippen LogP contribution in [0.1, 0.15) is 27.2 Å². The fourth-order valence-corrected chi connectivity index (χ4v) is 3.86. The van der Waals surface area contributed by atoms with Crippen LogP contribution >= 0.6 is 0 Å². The summed E-state index contributed by atoms with van der Waals surface area (Å²) in [5, 5.41) is 13.5. The Morgan fingerprint density at radius 3 is 2.54 bits per heavy atom. The number of halogens is 3. The molecule has 216 valence electrons. The molecule has 0 bridgehead atoms. The maximum Gasteiger partial charge on any atom is 0.416 e. The lowest BCUT2D eigenvalue weighted by molar-refractivity contribution is -0.137. The molecular formula is C28H31F3N8O2. The van der Waals surface area contributed by atoms with Crippen LogP contribution < -0.4 is 20.7 Å². The summed E-state index contributed by atoms with van der Waals surface area (Å²) < 4.78 is 47.8. The fraction of sp³-hybridized carbons (Fsp3) is 0.286. The number of carbonyl (C=O) groups is 1. The predicted molar refractivity (Wildman–Crippen MR) is 151 cm³/mol. The lowest BCUT2D eigenvalue weighted by Crippen LogP contribution is -2.20. The van der Waals surface area contributed by atoms with E-state index in [0.717, 1.165) is 23.4 Å². The van der Waals surface area contributed by atoms with E-state index >= 15 is 0 Å². The minimum absolute atomic E-state index is 0.0344. The third-order valence-corrected chi connectivity index (χ3v) is 6.02. The second-order valence-electron chi connectivity index (χ2n) is 9.60. The minimum Gasteiger partial charge on any atom is -0.492 e. The Kier molecular flexibility index (Phi) is 8.77. The number of nitrogens with zero attached hydrogens (tertiary/aromatic N) is 5. The largest absolute Gasteiger partial charge is 0.492 e. The van der Waals surface area contributed by atoms with Gasteiger partial charge in [0.05, 0.1) is 11.3 Å². The molecule has 0 spiro atoms. The molecule has 4 aromatic rings. The van der Waals surface area contributed by atoms with Gasteiger partial charge in [-0.15, -0.1) is 0 Å². The topological polar surface area (TPSA) is 109 Å². The first-order valence-electron chi connectivity index (χ1n) is 12.7. The highest BCUT2D eigenvalue weighted by Crippen LogP contribution is 2.33. The van der Waals surface area contributed by atoms with E-state index in [2.05, 4.69) is 31.0 Å². The molecular weight excluding hydrogens is 537 g/mol. The number of aromatic nitrogens is 4. The average molecular weight is 569 g/mol. The van der Waals surface area contributed by atoms with E-state index in [1.165, 1.54) is 12.4 Å². The zero-order chi connectivity index (χ0) is 29.7. The van der Waals surface area contributed by atoms with Gasteiger partial charge in [0, 0.05) is 42.7 Å². The number of anilines is 4. The normalized spacial score (nSPS) is 11.4. The van der Waals surface area contributed by atoms with Gasteiger partial charge in [0.1, 0.15) is 30.3 Å². The summed E-state index contributed by atoms with van der Waals surface area (Å²) in [6, 6.07) is 11.7. The highest BCUT2D eigenvalue weighted by atomic mass is 19.4. The van der Waals surface area contributed by atoms with E-state index in [1.807, 2.05) is 38.9 Å². The molecule has 0 unspecified atom stereocenters. The van der Waals surface area contributed by atoms with Crippen LogP contribution in [0.25, 0.3) is 5.82 Å². The number of hydrogen-bond donors (Lipinski definition) is 3. The van der Waals surface area contributed by atoms with Crippen LogP contribution in [0.15, 0.2) is 54.9 Å². The Morgan fingerprint density at radius 2 is 1.83 bits per heavy atom. The van der Waals surface area contributed by atoms with Crippen molar-refractivity contribution in [2.24, 2.45) is 0 Å². The maximum absolute atomic E-state index is 13.6. The lowest BCUT2D eigenvalue weighted by Gasteiger charge is -2.16. The van der Waals surface area contributed by atoms with E-state index in [0.29, 0.717) is 35.4 Å². The molecule has 10 nitrogen and oxygen atoms in total. The summed E-state index contributed by atoms with van der Waals surface area (Å²) in [5.74, 6) is 1.04. The summed E-state index contributed by atoms with van der Waals surface area (Å²) in [5.41, 5.74) is 1.51. The molecule has 2 heterocycles. The summed E-state index contributed by atoms with van der Waals surface area (Å²) in [6.07, 6.45) is -3.22. The van der Waals surface area contributed by atoms with E-state index in [9.17, 15) is 18.0 Å². The summed E-state index contributed by atoms with van der Waals surface area (Å²) in [7, 11) is 5.40. The van der Waals surface area contributed by atoms with Crippen LogP contribution in [0.5, 0.6) is 5.75 Å². The molecule has 0 aliphatic heterocycles. The van der Waals surface area contributed by atoms with Crippen LogP contribution in [0.4, 0.5) is 36.2 Å². The molecule has 0 atom stereocenters. The van der Waals surface area contributed by atoms with Gasteiger partial charge in [0.25, 0.3) is 5.91 Å². The quantitative estimate of drug-likeness (QED) is 0.237. The smallest absolute Gasteiger partial charge is 0.416 e. The molecule has 0 aliphatic carbocycles. The van der Waals surface area contributed by atoms with Gasteiger partial charge < -0.3 is 25.6 Å². The van der Waals surface area contributed by atoms with Crippen molar-refractivity contribution < 1.29 is 22.7 Å². The first-order valence-corrected chi connectivity index (χ1v) is 12.7. The average Bonchev–Trinajstić information content (AvgIpc) is 3.29. The number of ether oxygens (including phenoxy) is 1. The molecule has 3 N–H and O–H groups in total. The SMILES string of the molecule is CNc1cc(-n2nc(C)cc2Nc2cc(NC(=O)c3cc(OCCN(C)C)cc(C(F)(F)F)c3)ccc2C)ncn1. The Balaban J connectivity index is 1.58. The Morgan fingerprint density at radius 1 is 1.05 bits per heavy atom. The van der Waals surface area contributed by atoms with E-state index in [4.69, 9.17) is 4.74 Å². The highest BCUT2D eigenvalue weighted by Gasteiger charge is 2.32. The molecule has 41 heavy (non-hydrogen) atoms. The molecule has 0 saturated carbocycles. The Labute approximate surface area is 235 Å². The number of aryl methyl sites for hydroxylation is 2. The highest BCUT2D eigenvalue weighted by molar-refractivity contribution is 6.05. The third kappa shape index (κ3) is 7.51. The van der Waals surface area contributed by atoms with Crippen molar-refractivity contribution in [2.45, 2.75) is 20.0 Å². The monoisotopic (exact) mass is 568 g/mol. The third-order valence-electron chi connectivity index (χ3n) is 6.02. The molecule has 0 saturated heterocycles. The number of nitrogens with one attached hydrogen (secondary N) is 3. The van der Waals surface area contributed by atoms with Crippen molar-refractivity contribution in [3.63, 3.8) is 0 Å². The van der Waals surface area contributed by atoms with Gasteiger partial charge in [0.2, 0.25) is 0 Å². The fourth-order valence-electron chi connectivity index (χ4n) is 3.86. The zero-order valence-electron chi connectivity index (χ0n) is 23.3. The number of rotatable bonds is 10. The van der Waals surface area contributed by atoms with Gasteiger partial charge in [-0.1, -0.05) is 6.07 Å². The number of hydrogen-bond acceptors (Lipinski definition) is 8. The molecule has 2 aromatic heterocycles. The van der Waals surface area contributed by atoms with Crippen LogP contribution in [0.3, 0.4) is 0 Å². The van der Waals surface area contributed by atoms with Gasteiger partial charge in [-0.2, -0.15) is 23.0 Å². The molecule has 2 aromatic carbocycles. The lowest BCUT2D eigenvalue weighted by atomic mass is 10.1. The molecule has 1 amide bonds. The van der Waals surface area contributed by atoms with Crippen molar-refractivity contribution >= 4 is 28.9 Å². The van der Waals surface area contributed by atoms with Gasteiger partial charge in [-0.3, -0.25) is 4.79 Å². The number of amides is 1. The van der Waals surface area contributed by atoms with Crippen molar-refractivity contribution in [2.75, 3.05) is 50.2 Å². The Hall–Kier alpha value is -4.65. The van der Waals surface area contributed by atoms with Crippen molar-refractivity contribution in [3.8, 4) is 11.6 Å². The standard InChI is InChI=1S/C28H31F3N8O2/c1-17-6-7-21(14-23(17)36-26-10-18(2)37-39(26)25-15-24(32-3)33-16-34-25)35-27(40)19-11-20(28(29,30)31)13-22(12-19)41-9-8-38(4)5/h6-7,10-16,36H,8-9H2,1-5H3,(H,35,40)(H,32,33,34). The zero-order valence-corrected chi connectivity index (χ0v) is 23.3. The summed E-state index contributed by atoms with van der Waals surface area (Å²) >= 11 is 0. The van der Waals surface area contributed by atoms with E-state index in [-0.39, 0.29) is 17.9 Å². The van der Waals surface area contributed by atoms with Gasteiger partial charge >= 0.3 is 6.18 Å². The van der Waals surface area contributed by atoms with E-state index < -0.39 is 17.6 Å². The first-order chi connectivity index (χ1) is 19.4. The second-order valence-corrected chi connectivity index (χ2v) is 9.60. The molecule has 4 rings (SSSR count). The maximum atomic E-state index is 13.6. The van der Waals surface area contributed by atoms with Crippen LogP contribution in [-0.4, -0.2) is 64.9 Å². The van der Waals surface area contributed by atoms with E-state index in [1.54, 1.807) is 36.0 Å². The molecule has 0 radical (unpaired) electrons. The van der Waals surface area contributed by atoms with Gasteiger partial charge in [0.15, 0.2) is 5.82 Å². The van der Waals surface area contributed by atoms with Crippen LogP contribution in [0, 0.1) is 13.8 Å². The summed E-state index contributed by atoms with van der Waals surface area (Å²) in [4.78, 5) is 23.4. The molecule has 13 heteroatoms. The number of benzene rings is 2. The van der Waals surface area contributed by atoms with Crippen molar-refractivity contribution in [1.82, 2.24) is 24.6 Å².